The molecule has 1 N–H and O–H groups in total. The largest absolute Gasteiger partial charge is 0.367 e. The van der Waals surface area contributed by atoms with Gasteiger partial charge in [-0.3, -0.25) is 0 Å². The predicted octanol–water partition coefficient (Wildman–Crippen LogP) is 2.11. The van der Waals surface area contributed by atoms with Crippen LogP contribution in [0.1, 0.15) is 6.92 Å². The molecule has 0 aliphatic carbocycles. The van der Waals surface area contributed by atoms with Crippen LogP contribution in [-0.2, 0) is 0 Å². The average molecular weight is 286 g/mol. The summed E-state index contributed by atoms with van der Waals surface area (Å²) in [6, 6.07) is 14.1. The van der Waals surface area contributed by atoms with Crippen LogP contribution in [0.3, 0.4) is 0 Å². The lowest BCUT2D eigenvalue weighted by molar-refractivity contribution is 0.733. The molecule has 6 nitrogen and oxygen atoms in total. The summed E-state index contributed by atoms with van der Waals surface area (Å²) in [4.78, 5) is 1.27. The summed E-state index contributed by atoms with van der Waals surface area (Å²) in [5.74, 6) is 0.769. The minimum Gasteiger partial charge on any atom is -0.367 e. The lowest BCUT2D eigenvalue weighted by Gasteiger charge is -2.12. The second-order valence-electron chi connectivity index (χ2n) is 4.37. The van der Waals surface area contributed by atoms with Gasteiger partial charge in [-0.2, -0.15) is 0 Å². The van der Waals surface area contributed by atoms with Crippen LogP contribution in [0.5, 0.6) is 0 Å². The lowest BCUT2D eigenvalue weighted by atomic mass is 10.4. The monoisotopic (exact) mass is 286 g/mol. The van der Waals surface area contributed by atoms with Gasteiger partial charge in [-0.05, 0) is 34.7 Å². The Hall–Kier alpha value is -2.15. The van der Waals surface area contributed by atoms with E-state index in [0.717, 1.165) is 12.4 Å². The zero-order valence-electron chi connectivity index (χ0n) is 11.0. The van der Waals surface area contributed by atoms with Gasteiger partial charge >= 0.3 is 0 Å². The molecule has 7 heteroatoms. The number of tetrazole rings is 1. The van der Waals surface area contributed by atoms with Gasteiger partial charge in [0, 0.05) is 16.7 Å². The fourth-order valence-electron chi connectivity index (χ4n) is 1.77. The summed E-state index contributed by atoms with van der Waals surface area (Å²) in [6.45, 7) is 3.00. The van der Waals surface area contributed by atoms with Crippen LogP contribution >= 0.6 is 11.8 Å². The smallest absolute Gasteiger partial charge is 0.200 e. The molecule has 102 valence electrons. The zero-order chi connectivity index (χ0) is 13.8. The van der Waals surface area contributed by atoms with Gasteiger partial charge in [0.15, 0.2) is 5.65 Å². The highest BCUT2D eigenvalue weighted by Crippen LogP contribution is 2.22. The van der Waals surface area contributed by atoms with Crippen molar-refractivity contribution < 1.29 is 0 Å². The van der Waals surface area contributed by atoms with Gasteiger partial charge in [0.1, 0.15) is 5.82 Å². The molecule has 0 bridgehead atoms. The SMILES string of the molecule is CC(CNc1ccc2nnnn2n1)Sc1ccccc1. The zero-order valence-corrected chi connectivity index (χ0v) is 11.8. The van der Waals surface area contributed by atoms with E-state index in [1.54, 1.807) is 0 Å². The Kier molecular flexibility index (Phi) is 3.78. The van der Waals surface area contributed by atoms with Crippen molar-refractivity contribution in [2.24, 2.45) is 0 Å². The molecule has 2 aromatic heterocycles. The molecule has 0 spiro atoms. The fraction of sp³-hybridized carbons (Fsp3) is 0.231. The summed E-state index contributed by atoms with van der Waals surface area (Å²) in [5.41, 5.74) is 0.641. The van der Waals surface area contributed by atoms with Crippen molar-refractivity contribution in [3.8, 4) is 0 Å². The summed E-state index contributed by atoms with van der Waals surface area (Å²) in [7, 11) is 0. The molecule has 1 atom stereocenters. The molecule has 0 saturated carbocycles. The number of thioether (sulfide) groups is 1. The number of nitrogens with one attached hydrogen (secondary N) is 1. The highest BCUT2D eigenvalue weighted by molar-refractivity contribution is 8.00. The summed E-state index contributed by atoms with van der Waals surface area (Å²) in [5, 5.41) is 19.2. The Bertz CT molecular complexity index is 683. The average Bonchev–Trinajstić information content (AvgIpc) is 2.93. The fourth-order valence-corrected chi connectivity index (χ4v) is 2.71. The Morgan fingerprint density at radius 2 is 2.05 bits per heavy atom. The first-order chi connectivity index (χ1) is 9.81. The maximum absolute atomic E-state index is 4.27. The lowest BCUT2D eigenvalue weighted by Crippen LogP contribution is -2.14. The van der Waals surface area contributed by atoms with E-state index in [0.29, 0.717) is 10.9 Å². The molecular weight excluding hydrogens is 272 g/mol. The maximum atomic E-state index is 4.27. The molecule has 1 unspecified atom stereocenters. The van der Waals surface area contributed by atoms with Crippen LogP contribution in [0.25, 0.3) is 5.65 Å². The van der Waals surface area contributed by atoms with E-state index in [9.17, 15) is 0 Å². The minimum absolute atomic E-state index is 0.434. The number of fused-ring (bicyclic) bond motifs is 1. The van der Waals surface area contributed by atoms with Gasteiger partial charge in [0.25, 0.3) is 0 Å². The van der Waals surface area contributed by atoms with Gasteiger partial charge < -0.3 is 5.32 Å². The van der Waals surface area contributed by atoms with E-state index >= 15 is 0 Å². The van der Waals surface area contributed by atoms with Crippen LogP contribution in [0.2, 0.25) is 0 Å². The first-order valence-electron chi connectivity index (χ1n) is 6.32. The molecule has 0 saturated heterocycles. The first kappa shape index (κ1) is 12.9. The molecule has 2 heterocycles. The molecule has 20 heavy (non-hydrogen) atoms. The molecule has 3 rings (SSSR count). The summed E-state index contributed by atoms with van der Waals surface area (Å²) in [6.07, 6.45) is 0. The van der Waals surface area contributed by atoms with Crippen molar-refractivity contribution in [3.05, 3.63) is 42.5 Å². The molecule has 0 aliphatic rings. The first-order valence-corrected chi connectivity index (χ1v) is 7.20. The number of benzene rings is 1. The van der Waals surface area contributed by atoms with E-state index < -0.39 is 0 Å². The Balaban J connectivity index is 1.58. The Morgan fingerprint density at radius 3 is 2.90 bits per heavy atom. The molecule has 0 amide bonds. The normalized spacial score (nSPS) is 12.4. The van der Waals surface area contributed by atoms with Crippen LogP contribution in [0.15, 0.2) is 47.4 Å². The number of anilines is 1. The number of hydrogen-bond acceptors (Lipinski definition) is 6. The molecule has 0 fully saturated rings. The van der Waals surface area contributed by atoms with Crippen LogP contribution in [0.4, 0.5) is 5.82 Å². The van der Waals surface area contributed by atoms with Crippen LogP contribution in [-0.4, -0.2) is 37.0 Å². The van der Waals surface area contributed by atoms with E-state index in [-0.39, 0.29) is 0 Å². The van der Waals surface area contributed by atoms with E-state index in [4.69, 9.17) is 0 Å². The number of nitrogens with zero attached hydrogens (tertiary/aromatic N) is 5. The van der Waals surface area contributed by atoms with Gasteiger partial charge in [-0.15, -0.1) is 26.6 Å². The van der Waals surface area contributed by atoms with Crippen LogP contribution < -0.4 is 5.32 Å². The van der Waals surface area contributed by atoms with Crippen LogP contribution in [0, 0.1) is 0 Å². The van der Waals surface area contributed by atoms with Crippen molar-refractivity contribution in [2.75, 3.05) is 11.9 Å². The third-order valence-electron chi connectivity index (χ3n) is 2.72. The van der Waals surface area contributed by atoms with E-state index in [2.05, 4.69) is 57.1 Å². The van der Waals surface area contributed by atoms with Gasteiger partial charge in [-0.1, -0.05) is 25.1 Å². The van der Waals surface area contributed by atoms with Crippen molar-refractivity contribution in [1.82, 2.24) is 25.3 Å². The summed E-state index contributed by atoms with van der Waals surface area (Å²) < 4.78 is 1.41. The number of rotatable bonds is 5. The van der Waals surface area contributed by atoms with Gasteiger partial charge in [0.05, 0.1) is 0 Å². The topological polar surface area (TPSA) is 68.0 Å². The second kappa shape index (κ2) is 5.87. The Morgan fingerprint density at radius 1 is 1.20 bits per heavy atom. The molecule has 3 aromatic rings. The van der Waals surface area contributed by atoms with Gasteiger partial charge in [-0.25, -0.2) is 0 Å². The standard InChI is InChI=1S/C13H14N6S/c1-10(20-11-5-3-2-4-6-11)9-14-12-7-8-13-15-17-18-19(13)16-12/h2-8,10H,9H2,1H3,(H,14,16). The van der Waals surface area contributed by atoms with Crippen molar-refractivity contribution in [1.29, 1.82) is 0 Å². The second-order valence-corrected chi connectivity index (χ2v) is 5.88. The number of aromatic nitrogens is 5. The van der Waals surface area contributed by atoms with Crippen molar-refractivity contribution >= 4 is 23.2 Å². The molecule has 0 radical (unpaired) electrons. The number of hydrogen-bond donors (Lipinski definition) is 1. The molecule has 1 aromatic carbocycles. The van der Waals surface area contributed by atoms with Crippen molar-refractivity contribution in [2.45, 2.75) is 17.1 Å². The maximum Gasteiger partial charge on any atom is 0.200 e. The third kappa shape index (κ3) is 3.05. The molecule has 0 aliphatic heterocycles. The Labute approximate surface area is 120 Å². The molecular formula is C13H14N6S. The minimum atomic E-state index is 0.434. The highest BCUT2D eigenvalue weighted by Gasteiger charge is 2.05. The van der Waals surface area contributed by atoms with E-state index in [1.807, 2.05) is 30.0 Å². The van der Waals surface area contributed by atoms with Gasteiger partial charge in [0.2, 0.25) is 0 Å². The summed E-state index contributed by atoms with van der Waals surface area (Å²) >= 11 is 1.83. The highest BCUT2D eigenvalue weighted by atomic mass is 32.2. The predicted molar refractivity (Wildman–Crippen MR) is 78.8 cm³/mol. The third-order valence-corrected chi connectivity index (χ3v) is 3.83. The van der Waals surface area contributed by atoms with E-state index in [1.165, 1.54) is 9.53 Å². The van der Waals surface area contributed by atoms with Crippen molar-refractivity contribution in [3.63, 3.8) is 0 Å². The quantitative estimate of drug-likeness (QED) is 0.725.